The first kappa shape index (κ1) is 20.2. The van der Waals surface area contributed by atoms with Crippen molar-refractivity contribution in [1.82, 2.24) is 0 Å². The van der Waals surface area contributed by atoms with Crippen LogP contribution >= 0.6 is 0 Å². The quantitative estimate of drug-likeness (QED) is 0.244. The molecule has 0 nitrogen and oxygen atoms in total. The normalized spacial score (nSPS) is 13.1. The molecule has 4 aromatic carbocycles. The van der Waals surface area contributed by atoms with E-state index in [4.69, 9.17) is 0 Å². The fourth-order valence-corrected chi connectivity index (χ4v) is 5.33. The summed E-state index contributed by atoms with van der Waals surface area (Å²) in [4.78, 5) is 0. The summed E-state index contributed by atoms with van der Waals surface area (Å²) >= 11 is 0. The molecule has 0 amide bonds. The van der Waals surface area contributed by atoms with Crippen molar-refractivity contribution in [2.45, 2.75) is 40.0 Å². The molecule has 0 bridgehead atoms. The van der Waals surface area contributed by atoms with Crippen LogP contribution in [-0.2, 0) is 5.41 Å². The highest BCUT2D eigenvalue weighted by molar-refractivity contribution is 5.95. The van der Waals surface area contributed by atoms with Gasteiger partial charge in [0.2, 0.25) is 0 Å². The number of rotatable bonds is 0. The van der Waals surface area contributed by atoms with Gasteiger partial charge in [-0.05, 0) is 57.0 Å². The zero-order valence-electron chi connectivity index (χ0n) is 18.7. The third-order valence-corrected chi connectivity index (χ3v) is 6.23. The Labute approximate surface area is 181 Å². The van der Waals surface area contributed by atoms with Crippen molar-refractivity contribution < 1.29 is 0 Å². The van der Waals surface area contributed by atoms with Gasteiger partial charge in [0.05, 0.1) is 5.41 Å². The molecule has 2 aliphatic carbocycles. The molecule has 6 rings (SSSR count). The van der Waals surface area contributed by atoms with Crippen LogP contribution < -0.4 is 0 Å². The molecule has 1 spiro atoms. The van der Waals surface area contributed by atoms with Crippen LogP contribution in [0.25, 0.3) is 22.3 Å². The topological polar surface area (TPSA) is 0 Å². The standard InChI is InChI=1S/C26H18.2C2H6/c1-17-9-8-16-24-25(17)20-12-4-7-15-23(20)26(24)21-13-5-2-10-18(21)19-11-3-6-14-22(19)26;2*1-2/h2-16H,1H3;2*1-2H3. The lowest BCUT2D eigenvalue weighted by molar-refractivity contribution is 0.793. The van der Waals surface area contributed by atoms with Crippen molar-refractivity contribution in [2.24, 2.45) is 0 Å². The fourth-order valence-electron chi connectivity index (χ4n) is 5.33. The summed E-state index contributed by atoms with van der Waals surface area (Å²) in [6, 6.07) is 33.6. The summed E-state index contributed by atoms with van der Waals surface area (Å²) in [5.74, 6) is 0. The molecule has 0 aromatic heterocycles. The van der Waals surface area contributed by atoms with Crippen LogP contribution in [0.15, 0.2) is 91.0 Å². The zero-order chi connectivity index (χ0) is 21.3. The Kier molecular flexibility index (Phi) is 5.35. The Hall–Kier alpha value is -3.12. The second-order valence-electron chi connectivity index (χ2n) is 7.38. The summed E-state index contributed by atoms with van der Waals surface area (Å²) in [5, 5.41) is 0. The maximum Gasteiger partial charge on any atom is 0.0725 e. The van der Waals surface area contributed by atoms with E-state index >= 15 is 0 Å². The summed E-state index contributed by atoms with van der Waals surface area (Å²) in [6.07, 6.45) is 0. The van der Waals surface area contributed by atoms with Gasteiger partial charge < -0.3 is 0 Å². The van der Waals surface area contributed by atoms with Crippen LogP contribution in [-0.4, -0.2) is 0 Å². The fraction of sp³-hybridized carbons (Fsp3) is 0.200. The molecule has 0 N–H and O–H groups in total. The van der Waals surface area contributed by atoms with E-state index in [-0.39, 0.29) is 5.41 Å². The van der Waals surface area contributed by atoms with Crippen LogP contribution in [0.1, 0.15) is 55.5 Å². The van der Waals surface area contributed by atoms with Crippen LogP contribution in [0, 0.1) is 6.92 Å². The van der Waals surface area contributed by atoms with Crippen LogP contribution in [0.2, 0.25) is 0 Å². The minimum Gasteiger partial charge on any atom is -0.0683 e. The highest BCUT2D eigenvalue weighted by Gasteiger charge is 2.51. The van der Waals surface area contributed by atoms with E-state index in [0.29, 0.717) is 0 Å². The van der Waals surface area contributed by atoms with E-state index in [2.05, 4.69) is 97.9 Å². The number of hydrogen-bond donors (Lipinski definition) is 0. The molecule has 150 valence electrons. The average molecular weight is 391 g/mol. The van der Waals surface area contributed by atoms with E-state index in [1.807, 2.05) is 27.7 Å². The summed E-state index contributed by atoms with van der Waals surface area (Å²) < 4.78 is 0. The van der Waals surface area contributed by atoms with Gasteiger partial charge in [0, 0.05) is 0 Å². The van der Waals surface area contributed by atoms with Crippen molar-refractivity contribution in [3.05, 3.63) is 119 Å². The van der Waals surface area contributed by atoms with Crippen molar-refractivity contribution in [2.75, 3.05) is 0 Å². The Morgan fingerprint density at radius 2 is 0.833 bits per heavy atom. The third-order valence-electron chi connectivity index (χ3n) is 6.23. The van der Waals surface area contributed by atoms with Gasteiger partial charge in [-0.15, -0.1) is 0 Å². The molecule has 0 atom stereocenters. The van der Waals surface area contributed by atoms with E-state index in [1.165, 1.54) is 50.1 Å². The highest BCUT2D eigenvalue weighted by atomic mass is 14.5. The summed E-state index contributed by atoms with van der Waals surface area (Å²) in [6.45, 7) is 10.2. The summed E-state index contributed by atoms with van der Waals surface area (Å²) in [5.41, 5.74) is 12.4. The van der Waals surface area contributed by atoms with Gasteiger partial charge in [0.1, 0.15) is 0 Å². The highest BCUT2D eigenvalue weighted by Crippen LogP contribution is 2.62. The number of aryl methyl sites for hydroxylation is 1. The molecule has 0 saturated heterocycles. The molecule has 4 aromatic rings. The maximum atomic E-state index is 2.33. The predicted molar refractivity (Wildman–Crippen MR) is 130 cm³/mol. The Bertz CT molecular complexity index is 1150. The molecular formula is C30H30. The van der Waals surface area contributed by atoms with Gasteiger partial charge in [-0.25, -0.2) is 0 Å². The second kappa shape index (κ2) is 7.95. The lowest BCUT2D eigenvalue weighted by atomic mass is 9.70. The average Bonchev–Trinajstić information content (AvgIpc) is 3.30. The number of fused-ring (bicyclic) bond motifs is 10. The molecule has 0 heterocycles. The van der Waals surface area contributed by atoms with Crippen molar-refractivity contribution >= 4 is 0 Å². The molecular weight excluding hydrogens is 360 g/mol. The minimum absolute atomic E-state index is 0.189. The third kappa shape index (κ3) is 2.46. The van der Waals surface area contributed by atoms with Crippen LogP contribution in [0.3, 0.4) is 0 Å². The van der Waals surface area contributed by atoms with Gasteiger partial charge in [-0.1, -0.05) is 119 Å². The Morgan fingerprint density at radius 1 is 0.433 bits per heavy atom. The predicted octanol–water partition coefficient (Wildman–Crippen LogP) is 8.39. The first-order chi connectivity index (χ1) is 14.8. The van der Waals surface area contributed by atoms with Crippen molar-refractivity contribution in [1.29, 1.82) is 0 Å². The molecule has 0 heteroatoms. The molecule has 0 unspecified atom stereocenters. The van der Waals surface area contributed by atoms with E-state index in [1.54, 1.807) is 0 Å². The Balaban J connectivity index is 0.000000516. The van der Waals surface area contributed by atoms with E-state index in [0.717, 1.165) is 0 Å². The molecule has 30 heavy (non-hydrogen) atoms. The van der Waals surface area contributed by atoms with Gasteiger partial charge in [0.15, 0.2) is 0 Å². The molecule has 0 fully saturated rings. The van der Waals surface area contributed by atoms with Crippen LogP contribution in [0.4, 0.5) is 0 Å². The molecule has 2 aliphatic rings. The Morgan fingerprint density at radius 3 is 1.37 bits per heavy atom. The largest absolute Gasteiger partial charge is 0.0725 e. The molecule has 0 saturated carbocycles. The lowest BCUT2D eigenvalue weighted by Crippen LogP contribution is -2.25. The van der Waals surface area contributed by atoms with Crippen molar-refractivity contribution in [3.8, 4) is 22.3 Å². The van der Waals surface area contributed by atoms with Crippen molar-refractivity contribution in [3.63, 3.8) is 0 Å². The van der Waals surface area contributed by atoms with E-state index in [9.17, 15) is 0 Å². The van der Waals surface area contributed by atoms with Gasteiger partial charge in [-0.2, -0.15) is 0 Å². The zero-order valence-corrected chi connectivity index (χ0v) is 18.7. The molecule has 0 radical (unpaired) electrons. The SMILES string of the molecule is CC.CC.Cc1cccc2c1-c1ccccc1C21c2ccccc2-c2ccccc21. The maximum absolute atomic E-state index is 2.33. The number of benzene rings is 4. The first-order valence-electron chi connectivity index (χ1n) is 11.2. The second-order valence-corrected chi connectivity index (χ2v) is 7.38. The smallest absolute Gasteiger partial charge is 0.0683 e. The van der Waals surface area contributed by atoms with Crippen LogP contribution in [0.5, 0.6) is 0 Å². The first-order valence-corrected chi connectivity index (χ1v) is 11.2. The number of hydrogen-bond acceptors (Lipinski definition) is 0. The van der Waals surface area contributed by atoms with Gasteiger partial charge in [-0.3, -0.25) is 0 Å². The summed E-state index contributed by atoms with van der Waals surface area (Å²) in [7, 11) is 0. The van der Waals surface area contributed by atoms with E-state index < -0.39 is 0 Å². The molecule has 0 aliphatic heterocycles. The lowest BCUT2D eigenvalue weighted by Gasteiger charge is -2.30. The van der Waals surface area contributed by atoms with Gasteiger partial charge >= 0.3 is 0 Å². The van der Waals surface area contributed by atoms with Gasteiger partial charge in [0.25, 0.3) is 0 Å². The minimum atomic E-state index is -0.189. The monoisotopic (exact) mass is 390 g/mol.